The van der Waals surface area contributed by atoms with Crippen LogP contribution in [-0.2, 0) is 0 Å². The molecular weight excluding hydrogens is 216 g/mol. The highest BCUT2D eigenvalue weighted by molar-refractivity contribution is 5.53. The van der Waals surface area contributed by atoms with Gasteiger partial charge in [0.15, 0.2) is 0 Å². The van der Waals surface area contributed by atoms with Crippen LogP contribution in [0.1, 0.15) is 38.7 Å². The van der Waals surface area contributed by atoms with E-state index in [1.807, 2.05) is 6.07 Å². The fraction of sp³-hybridized carbons (Fsp3) is 0.538. The van der Waals surface area contributed by atoms with Gasteiger partial charge in [0.2, 0.25) is 0 Å². The molecule has 1 rings (SSSR count). The number of nitrogens with zero attached hydrogens (tertiary/aromatic N) is 1. The van der Waals surface area contributed by atoms with Crippen LogP contribution in [0.4, 0.5) is 11.4 Å². The van der Waals surface area contributed by atoms with Crippen molar-refractivity contribution in [1.82, 2.24) is 0 Å². The van der Waals surface area contributed by atoms with Crippen molar-refractivity contribution < 1.29 is 4.92 Å². The summed E-state index contributed by atoms with van der Waals surface area (Å²) in [6.07, 6.45) is 3.50. The van der Waals surface area contributed by atoms with Crippen LogP contribution in [0, 0.1) is 17.0 Å². The maximum absolute atomic E-state index is 10.7. The van der Waals surface area contributed by atoms with Crippen molar-refractivity contribution in [3.05, 3.63) is 33.9 Å². The molecule has 94 valence electrons. The van der Waals surface area contributed by atoms with Crippen molar-refractivity contribution in [1.29, 1.82) is 0 Å². The first-order valence-corrected chi connectivity index (χ1v) is 6.06. The zero-order valence-corrected chi connectivity index (χ0v) is 10.7. The highest BCUT2D eigenvalue weighted by atomic mass is 16.6. The van der Waals surface area contributed by atoms with Gasteiger partial charge in [-0.2, -0.15) is 0 Å². The van der Waals surface area contributed by atoms with Crippen LogP contribution in [-0.4, -0.2) is 11.0 Å². The van der Waals surface area contributed by atoms with E-state index in [1.54, 1.807) is 19.1 Å². The zero-order chi connectivity index (χ0) is 12.8. The van der Waals surface area contributed by atoms with Gasteiger partial charge in [0.25, 0.3) is 5.69 Å². The van der Waals surface area contributed by atoms with E-state index in [1.165, 1.54) is 12.8 Å². The molecule has 1 aromatic carbocycles. The van der Waals surface area contributed by atoms with Gasteiger partial charge in [0, 0.05) is 23.4 Å². The number of hydrogen-bond acceptors (Lipinski definition) is 3. The molecule has 0 bridgehead atoms. The Morgan fingerprint density at radius 2 is 2.18 bits per heavy atom. The molecule has 4 heteroatoms. The Bertz CT molecular complexity index is 391. The summed E-state index contributed by atoms with van der Waals surface area (Å²) in [5.74, 6) is 0. The first-order chi connectivity index (χ1) is 8.04. The van der Waals surface area contributed by atoms with Crippen molar-refractivity contribution in [2.45, 2.75) is 46.1 Å². The third kappa shape index (κ3) is 4.06. The summed E-state index contributed by atoms with van der Waals surface area (Å²) in [5, 5.41) is 14.0. The molecule has 0 radical (unpaired) electrons. The van der Waals surface area contributed by atoms with Crippen molar-refractivity contribution in [3.63, 3.8) is 0 Å². The van der Waals surface area contributed by atoms with Crippen molar-refractivity contribution in [3.8, 4) is 0 Å². The maximum Gasteiger partial charge on any atom is 0.272 e. The summed E-state index contributed by atoms with van der Waals surface area (Å²) in [4.78, 5) is 10.3. The lowest BCUT2D eigenvalue weighted by atomic mass is 10.1. The average molecular weight is 236 g/mol. The zero-order valence-electron chi connectivity index (χ0n) is 10.7. The van der Waals surface area contributed by atoms with Gasteiger partial charge >= 0.3 is 0 Å². The van der Waals surface area contributed by atoms with E-state index < -0.39 is 0 Å². The van der Waals surface area contributed by atoms with E-state index in [0.717, 1.165) is 12.1 Å². The maximum atomic E-state index is 10.7. The number of unbranched alkanes of at least 4 members (excludes halogenated alkanes) is 1. The van der Waals surface area contributed by atoms with Crippen LogP contribution in [0.5, 0.6) is 0 Å². The molecule has 0 aliphatic rings. The fourth-order valence-electron chi connectivity index (χ4n) is 1.82. The summed E-state index contributed by atoms with van der Waals surface area (Å²) in [7, 11) is 0. The van der Waals surface area contributed by atoms with Crippen LogP contribution >= 0.6 is 0 Å². The third-order valence-electron chi connectivity index (χ3n) is 2.80. The van der Waals surface area contributed by atoms with Gasteiger partial charge in [-0.15, -0.1) is 0 Å². The number of aryl methyl sites for hydroxylation is 1. The van der Waals surface area contributed by atoms with Crippen molar-refractivity contribution >= 4 is 11.4 Å². The van der Waals surface area contributed by atoms with Gasteiger partial charge in [-0.1, -0.05) is 19.8 Å². The quantitative estimate of drug-likeness (QED) is 0.602. The van der Waals surface area contributed by atoms with Crippen molar-refractivity contribution in [2.24, 2.45) is 0 Å². The molecule has 1 unspecified atom stereocenters. The van der Waals surface area contributed by atoms with Crippen LogP contribution in [0.2, 0.25) is 0 Å². The first kappa shape index (κ1) is 13.5. The lowest BCUT2D eigenvalue weighted by Gasteiger charge is -2.15. The summed E-state index contributed by atoms with van der Waals surface area (Å²) >= 11 is 0. The normalized spacial score (nSPS) is 12.2. The molecule has 0 aliphatic carbocycles. The summed E-state index contributed by atoms with van der Waals surface area (Å²) < 4.78 is 0. The minimum Gasteiger partial charge on any atom is -0.383 e. The van der Waals surface area contributed by atoms with E-state index >= 15 is 0 Å². The molecule has 4 nitrogen and oxygen atoms in total. The summed E-state index contributed by atoms with van der Waals surface area (Å²) in [6.45, 7) is 6.06. The second-order valence-electron chi connectivity index (χ2n) is 4.45. The molecule has 0 aliphatic heterocycles. The molecule has 1 atom stereocenters. The lowest BCUT2D eigenvalue weighted by Crippen LogP contribution is -2.14. The Kier molecular flexibility index (Phi) is 4.94. The molecule has 1 N–H and O–H groups in total. The Hall–Kier alpha value is -1.58. The monoisotopic (exact) mass is 236 g/mol. The van der Waals surface area contributed by atoms with Crippen LogP contribution in [0.15, 0.2) is 18.2 Å². The van der Waals surface area contributed by atoms with Gasteiger partial charge < -0.3 is 5.32 Å². The molecule has 17 heavy (non-hydrogen) atoms. The number of nitrogens with one attached hydrogen (secondary N) is 1. The van der Waals surface area contributed by atoms with Gasteiger partial charge in [-0.3, -0.25) is 10.1 Å². The summed E-state index contributed by atoms with van der Waals surface area (Å²) in [6, 6.07) is 5.56. The predicted octanol–water partition coefficient (Wildman–Crippen LogP) is 3.89. The van der Waals surface area contributed by atoms with Gasteiger partial charge in [-0.05, 0) is 32.4 Å². The second kappa shape index (κ2) is 6.23. The Morgan fingerprint density at radius 1 is 1.47 bits per heavy atom. The Labute approximate surface area is 102 Å². The number of rotatable bonds is 6. The number of benzene rings is 1. The van der Waals surface area contributed by atoms with Crippen LogP contribution in [0.25, 0.3) is 0 Å². The van der Waals surface area contributed by atoms with Gasteiger partial charge in [-0.25, -0.2) is 0 Å². The first-order valence-electron chi connectivity index (χ1n) is 6.06. The van der Waals surface area contributed by atoms with Crippen LogP contribution < -0.4 is 5.32 Å². The number of nitro benzene ring substituents is 1. The third-order valence-corrected chi connectivity index (χ3v) is 2.80. The molecule has 0 aromatic heterocycles. The molecule has 0 saturated carbocycles. The predicted molar refractivity (Wildman–Crippen MR) is 70.4 cm³/mol. The highest BCUT2D eigenvalue weighted by Gasteiger charge is 2.10. The molecule has 0 spiro atoms. The van der Waals surface area contributed by atoms with E-state index in [9.17, 15) is 10.1 Å². The minimum absolute atomic E-state index is 0.178. The molecular formula is C13H20N2O2. The average Bonchev–Trinajstić information content (AvgIpc) is 2.26. The highest BCUT2D eigenvalue weighted by Crippen LogP contribution is 2.22. The van der Waals surface area contributed by atoms with E-state index in [4.69, 9.17) is 0 Å². The molecule has 0 amide bonds. The summed E-state index contributed by atoms with van der Waals surface area (Å²) in [5.41, 5.74) is 1.83. The van der Waals surface area contributed by atoms with E-state index in [2.05, 4.69) is 19.2 Å². The molecule has 1 aromatic rings. The molecule has 0 heterocycles. The van der Waals surface area contributed by atoms with Gasteiger partial charge in [0.1, 0.15) is 0 Å². The number of nitro groups is 1. The van der Waals surface area contributed by atoms with E-state index in [-0.39, 0.29) is 10.6 Å². The minimum atomic E-state index is -0.348. The Morgan fingerprint density at radius 3 is 2.71 bits per heavy atom. The van der Waals surface area contributed by atoms with Crippen LogP contribution in [0.3, 0.4) is 0 Å². The lowest BCUT2D eigenvalue weighted by molar-refractivity contribution is -0.385. The van der Waals surface area contributed by atoms with Gasteiger partial charge in [0.05, 0.1) is 4.92 Å². The standard InChI is InChI=1S/C13H20N2O2/c1-4-5-6-11(3)14-12-7-8-13(15(16)17)10(2)9-12/h7-9,11,14H,4-6H2,1-3H3. The SMILES string of the molecule is CCCCC(C)Nc1ccc([N+](=O)[O-])c(C)c1. The number of anilines is 1. The van der Waals surface area contributed by atoms with Crippen molar-refractivity contribution in [2.75, 3.05) is 5.32 Å². The largest absolute Gasteiger partial charge is 0.383 e. The topological polar surface area (TPSA) is 55.2 Å². The van der Waals surface area contributed by atoms with E-state index in [0.29, 0.717) is 11.6 Å². The second-order valence-corrected chi connectivity index (χ2v) is 4.45. The molecule has 0 saturated heterocycles. The molecule has 0 fully saturated rings. The smallest absolute Gasteiger partial charge is 0.272 e. The number of hydrogen-bond donors (Lipinski definition) is 1. The fourth-order valence-corrected chi connectivity index (χ4v) is 1.82. The Balaban J connectivity index is 2.67.